The molecular formula is C50H66N4O9S. The lowest BCUT2D eigenvalue weighted by atomic mass is 9.46. The van der Waals surface area contributed by atoms with Crippen LogP contribution in [0.5, 0.6) is 17.2 Å². The lowest BCUT2D eigenvalue weighted by molar-refractivity contribution is -0.199. The molecule has 5 heterocycles. The van der Waals surface area contributed by atoms with Gasteiger partial charge in [0, 0.05) is 59.9 Å². The van der Waals surface area contributed by atoms with E-state index in [1.165, 1.54) is 5.57 Å². The molecule has 13 nitrogen and oxygen atoms in total. The number of carbonyl (C=O) groups is 5. The Morgan fingerprint density at radius 1 is 0.938 bits per heavy atom. The van der Waals surface area contributed by atoms with E-state index in [1.807, 2.05) is 58.5 Å². The molecule has 3 saturated carbocycles. The van der Waals surface area contributed by atoms with E-state index < -0.39 is 34.2 Å². The van der Waals surface area contributed by atoms with E-state index in [1.54, 1.807) is 13.0 Å². The van der Waals surface area contributed by atoms with Crippen LogP contribution in [0.15, 0.2) is 41.0 Å². The molecule has 3 aliphatic carbocycles. The van der Waals surface area contributed by atoms with E-state index in [9.17, 15) is 24.3 Å². The van der Waals surface area contributed by atoms with E-state index in [2.05, 4.69) is 47.3 Å². The quantitative estimate of drug-likeness (QED) is 0.0493. The number of nitrogens with one attached hydrogen (secondary N) is 4. The van der Waals surface area contributed by atoms with Gasteiger partial charge in [-0.05, 0) is 112 Å². The number of fused-ring (bicyclic) bond motifs is 3. The third-order valence-electron chi connectivity index (χ3n) is 14.8. The second kappa shape index (κ2) is 17.3. The summed E-state index contributed by atoms with van der Waals surface area (Å²) in [5.74, 6) is -0.925. The van der Waals surface area contributed by atoms with Crippen molar-refractivity contribution in [1.29, 1.82) is 0 Å². The van der Waals surface area contributed by atoms with E-state index in [-0.39, 0.29) is 90.4 Å². The number of unbranched alkanes of at least 4 members (excludes halogenated alkanes) is 1. The van der Waals surface area contributed by atoms with Gasteiger partial charge in [-0.15, -0.1) is 0 Å². The predicted molar refractivity (Wildman–Crippen MR) is 247 cm³/mol. The molecule has 1 aromatic carbocycles. The highest BCUT2D eigenvalue weighted by atomic mass is 32.2. The summed E-state index contributed by atoms with van der Waals surface area (Å²) in [5.41, 5.74) is -0.647. The highest BCUT2D eigenvalue weighted by molar-refractivity contribution is 8.00. The zero-order chi connectivity index (χ0) is 45.9. The zero-order valence-corrected chi connectivity index (χ0v) is 39.5. The van der Waals surface area contributed by atoms with Crippen molar-refractivity contribution >= 4 is 47.2 Å². The summed E-state index contributed by atoms with van der Waals surface area (Å²) in [7, 11) is 0. The van der Waals surface area contributed by atoms with Crippen molar-refractivity contribution in [3.05, 3.63) is 57.7 Å². The first-order valence-electron chi connectivity index (χ1n) is 23.3. The number of Topliss-reactive ketones (excluding diaryl/α,β-unsaturated/α-hetero) is 2. The highest BCUT2D eigenvalue weighted by Crippen LogP contribution is 2.70. The number of ether oxygens (including phenoxy) is 3. The first-order chi connectivity index (χ1) is 30.3. The van der Waals surface area contributed by atoms with Crippen LogP contribution in [0.3, 0.4) is 0 Å². The van der Waals surface area contributed by atoms with Crippen LogP contribution in [0, 0.1) is 17.8 Å². The fraction of sp³-hybridized carbons (Fsp3) is 0.620. The average molecular weight is 899 g/mol. The third kappa shape index (κ3) is 7.98. The monoisotopic (exact) mass is 898 g/mol. The molecule has 8 aliphatic rings. The number of hydrogen-bond donors (Lipinski definition) is 5. The van der Waals surface area contributed by atoms with Gasteiger partial charge in [0.2, 0.25) is 11.8 Å². The molecule has 4 amide bonds. The fourth-order valence-electron chi connectivity index (χ4n) is 11.6. The molecule has 9 rings (SSSR count). The van der Waals surface area contributed by atoms with Crippen LogP contribution in [0.1, 0.15) is 135 Å². The Kier molecular flexibility index (Phi) is 12.5. The molecule has 4 bridgehead atoms. The van der Waals surface area contributed by atoms with Gasteiger partial charge in [0.05, 0.1) is 29.2 Å². The SMILES string of the molecule is CC(C)=CCCC1(C)C=Cc2c(O)c3c(c(CC=C(C)C)c2O1)OC12C(CC4CC1C(C)(C)OC2(CC=C(C)C(=O)NCCNC(=O)CCCCC1SC[C@@H]2NC(=O)N[C@H]12)C4=O)C3=O. The van der Waals surface area contributed by atoms with Crippen molar-refractivity contribution in [3.8, 4) is 17.2 Å². The lowest BCUT2D eigenvalue weighted by Gasteiger charge is -2.60. The van der Waals surface area contributed by atoms with Crippen LogP contribution in [0.4, 0.5) is 4.79 Å². The van der Waals surface area contributed by atoms with Gasteiger partial charge in [0.15, 0.2) is 22.8 Å². The fourth-order valence-corrected chi connectivity index (χ4v) is 13.2. The molecule has 7 unspecified atom stereocenters. The van der Waals surface area contributed by atoms with Crippen molar-refractivity contribution in [2.75, 3.05) is 18.8 Å². The molecule has 0 aromatic heterocycles. The van der Waals surface area contributed by atoms with Crippen molar-refractivity contribution < 1.29 is 43.3 Å². The van der Waals surface area contributed by atoms with Gasteiger partial charge in [-0.1, -0.05) is 35.8 Å². The molecule has 346 valence electrons. The molecule has 5 N–H and O–H groups in total. The normalized spacial score (nSPS) is 32.2. The highest BCUT2D eigenvalue weighted by Gasteiger charge is 2.83. The Labute approximate surface area is 381 Å². The summed E-state index contributed by atoms with van der Waals surface area (Å²) in [6, 6.07) is 0.236. The Morgan fingerprint density at radius 2 is 1.69 bits per heavy atom. The maximum absolute atomic E-state index is 15.1. The van der Waals surface area contributed by atoms with Crippen LogP contribution in [0.25, 0.3) is 6.08 Å². The number of hydrogen-bond acceptors (Lipinski definition) is 10. The summed E-state index contributed by atoms with van der Waals surface area (Å²) in [6.45, 7) is 16.2. The van der Waals surface area contributed by atoms with Crippen molar-refractivity contribution in [2.24, 2.45) is 17.8 Å². The van der Waals surface area contributed by atoms with Crippen LogP contribution < -0.4 is 30.7 Å². The lowest BCUT2D eigenvalue weighted by Crippen LogP contribution is -2.76. The van der Waals surface area contributed by atoms with E-state index in [4.69, 9.17) is 14.2 Å². The van der Waals surface area contributed by atoms with Gasteiger partial charge in [-0.2, -0.15) is 11.8 Å². The van der Waals surface area contributed by atoms with E-state index in [0.717, 1.165) is 37.0 Å². The first kappa shape index (κ1) is 46.0. The average Bonchev–Trinajstić information content (AvgIpc) is 3.83. The van der Waals surface area contributed by atoms with Gasteiger partial charge in [0.1, 0.15) is 28.4 Å². The molecule has 5 aliphatic heterocycles. The first-order valence-corrected chi connectivity index (χ1v) is 24.3. The molecule has 1 aromatic rings. The van der Waals surface area contributed by atoms with Gasteiger partial charge in [0.25, 0.3) is 0 Å². The molecular weight excluding hydrogens is 833 g/mol. The smallest absolute Gasteiger partial charge is 0.315 e. The van der Waals surface area contributed by atoms with Crippen LogP contribution in [-0.4, -0.2) is 93.1 Å². The number of carbonyl (C=O) groups excluding carboxylic acids is 5. The number of amides is 4. The van der Waals surface area contributed by atoms with Gasteiger partial charge in [-0.3, -0.25) is 19.2 Å². The van der Waals surface area contributed by atoms with E-state index in [0.29, 0.717) is 53.4 Å². The molecule has 9 atom stereocenters. The van der Waals surface area contributed by atoms with Crippen molar-refractivity contribution in [1.82, 2.24) is 21.3 Å². The number of urea groups is 1. The summed E-state index contributed by atoms with van der Waals surface area (Å²) in [5, 5.41) is 24.1. The van der Waals surface area contributed by atoms with Crippen molar-refractivity contribution in [2.45, 2.75) is 159 Å². The molecule has 14 heteroatoms. The standard InChI is InChI=1S/C50H66N4O9S/c1-27(2)12-11-19-48(8)20-18-31-40(56)38-41(57)33-24-30-25-36-47(6,7)63-49(44(30)58,50(33,36)62-43(38)32(42(31)61-48)16-15-28(3)4)21-17-29(5)45(59)52-23-22-51-37(55)14-10-9-13-35-39-34(26-64-35)53-46(60)54-39/h12,15,17-18,20,30,33-36,39,56H,9-11,13-14,16,19,21-26H2,1-8H3,(H,51,55)(H,52,59)(H2,53,54,60)/t30?,33?,34-,35?,36?,39-,48?,49?,50?/m0/s1. The number of thioether (sulfide) groups is 1. The number of phenols is 1. The topological polar surface area (TPSA) is 181 Å². The summed E-state index contributed by atoms with van der Waals surface area (Å²) < 4.78 is 21.2. The van der Waals surface area contributed by atoms with Crippen molar-refractivity contribution in [3.63, 3.8) is 0 Å². The Bertz CT molecular complexity index is 2260. The Hall–Kier alpha value is -4.56. The Morgan fingerprint density at radius 3 is 2.44 bits per heavy atom. The second-order valence-electron chi connectivity index (χ2n) is 20.3. The molecule has 6 fully saturated rings. The number of benzene rings is 1. The third-order valence-corrected chi connectivity index (χ3v) is 16.3. The number of ketones is 2. The minimum absolute atomic E-state index is 0.0168. The van der Waals surface area contributed by atoms with Gasteiger partial charge < -0.3 is 40.6 Å². The maximum Gasteiger partial charge on any atom is 0.315 e. The van der Waals surface area contributed by atoms with Crippen LogP contribution in [0.2, 0.25) is 0 Å². The van der Waals surface area contributed by atoms with E-state index >= 15 is 4.79 Å². The number of aromatic hydroxyl groups is 1. The molecule has 3 saturated heterocycles. The summed E-state index contributed by atoms with van der Waals surface area (Å²) in [4.78, 5) is 67.7. The van der Waals surface area contributed by atoms with Crippen LogP contribution in [-0.2, 0) is 25.5 Å². The number of phenolic OH excluding ortho intramolecular Hbond substituents is 1. The van der Waals surface area contributed by atoms with Crippen LogP contribution >= 0.6 is 11.8 Å². The summed E-state index contributed by atoms with van der Waals surface area (Å²) >= 11 is 1.86. The minimum Gasteiger partial charge on any atom is -0.506 e. The zero-order valence-electron chi connectivity index (χ0n) is 38.7. The Balaban J connectivity index is 0.989. The summed E-state index contributed by atoms with van der Waals surface area (Å²) in [6.07, 6.45) is 15.4. The molecule has 0 radical (unpaired) electrons. The second-order valence-corrected chi connectivity index (χ2v) is 21.6. The van der Waals surface area contributed by atoms with Gasteiger partial charge >= 0.3 is 6.03 Å². The number of allylic oxidation sites excluding steroid dienone is 4. The largest absolute Gasteiger partial charge is 0.506 e. The molecule has 64 heavy (non-hydrogen) atoms. The predicted octanol–water partition coefficient (Wildman–Crippen LogP) is 7.19. The minimum atomic E-state index is -1.57. The maximum atomic E-state index is 15.1. The number of rotatable bonds is 16. The van der Waals surface area contributed by atoms with Gasteiger partial charge in [-0.25, -0.2) is 4.79 Å². The molecule has 1 spiro atoms.